The molecule has 1 heterocycles. The first kappa shape index (κ1) is 10.0. The van der Waals surface area contributed by atoms with E-state index in [1.807, 2.05) is 7.05 Å². The van der Waals surface area contributed by atoms with Gasteiger partial charge in [0.2, 0.25) is 0 Å². The van der Waals surface area contributed by atoms with Gasteiger partial charge in [0.15, 0.2) is 4.77 Å². The van der Waals surface area contributed by atoms with Crippen LogP contribution in [-0.2, 0) is 13.5 Å². The summed E-state index contributed by atoms with van der Waals surface area (Å²) in [6.45, 7) is 0. The summed E-state index contributed by atoms with van der Waals surface area (Å²) in [5.74, 6) is 0.511. The zero-order valence-electron chi connectivity index (χ0n) is 8.20. The van der Waals surface area contributed by atoms with Gasteiger partial charge >= 0.3 is 0 Å². The molecule has 1 aromatic heterocycles. The Hall–Kier alpha value is -1.49. The van der Waals surface area contributed by atoms with E-state index in [4.69, 9.17) is 12.2 Å². The summed E-state index contributed by atoms with van der Waals surface area (Å²) in [7, 11) is 1.81. The van der Waals surface area contributed by atoms with Crippen LogP contribution >= 0.6 is 12.2 Å². The number of rotatable bonds is 2. The second-order valence-electron chi connectivity index (χ2n) is 3.27. The molecular weight excluding hydrogens is 213 g/mol. The molecule has 0 saturated heterocycles. The highest BCUT2D eigenvalue weighted by atomic mass is 32.1. The van der Waals surface area contributed by atoms with E-state index in [-0.39, 0.29) is 5.82 Å². The van der Waals surface area contributed by atoms with Gasteiger partial charge in [0.1, 0.15) is 11.6 Å². The van der Waals surface area contributed by atoms with E-state index in [2.05, 4.69) is 10.2 Å². The number of aromatic nitrogens is 3. The average molecular weight is 223 g/mol. The van der Waals surface area contributed by atoms with Gasteiger partial charge in [0.25, 0.3) is 0 Å². The maximum Gasteiger partial charge on any atom is 0.194 e. The van der Waals surface area contributed by atoms with E-state index in [0.717, 1.165) is 5.82 Å². The molecule has 0 atom stereocenters. The summed E-state index contributed by atoms with van der Waals surface area (Å²) in [5.41, 5.74) is 0.620. The molecule has 5 heteroatoms. The molecule has 78 valence electrons. The molecule has 0 spiro atoms. The zero-order valence-corrected chi connectivity index (χ0v) is 9.01. The number of nitrogens with zero attached hydrogens (tertiary/aromatic N) is 2. The molecule has 2 rings (SSSR count). The van der Waals surface area contributed by atoms with Gasteiger partial charge < -0.3 is 4.57 Å². The van der Waals surface area contributed by atoms with Gasteiger partial charge in [-0.3, -0.25) is 5.10 Å². The van der Waals surface area contributed by atoms with E-state index in [1.54, 1.807) is 22.8 Å². The van der Waals surface area contributed by atoms with Gasteiger partial charge in [-0.15, -0.1) is 0 Å². The molecule has 0 unspecified atom stereocenters. The number of hydrogen-bond donors (Lipinski definition) is 1. The molecule has 0 aliphatic heterocycles. The first-order chi connectivity index (χ1) is 7.18. The molecular formula is C10H10FN3S. The largest absolute Gasteiger partial charge is 0.307 e. The second kappa shape index (κ2) is 3.94. The first-order valence-corrected chi connectivity index (χ1v) is 4.93. The molecule has 0 bridgehead atoms. The van der Waals surface area contributed by atoms with Gasteiger partial charge in [-0.2, -0.15) is 5.10 Å². The standard InChI is InChI=1S/C10H10FN3S/c1-14-9(12-13-10(14)15)6-7-4-2-3-5-8(7)11/h2-5H,6H2,1H3,(H,13,15). The smallest absolute Gasteiger partial charge is 0.194 e. The highest BCUT2D eigenvalue weighted by molar-refractivity contribution is 7.71. The highest BCUT2D eigenvalue weighted by Gasteiger charge is 2.06. The van der Waals surface area contributed by atoms with Gasteiger partial charge in [-0.05, 0) is 23.8 Å². The molecule has 0 fully saturated rings. The van der Waals surface area contributed by atoms with Crippen molar-refractivity contribution >= 4 is 12.2 Å². The SMILES string of the molecule is Cn1c(Cc2ccccc2F)n[nH]c1=S. The van der Waals surface area contributed by atoms with Crippen molar-refractivity contribution in [3.63, 3.8) is 0 Å². The lowest BCUT2D eigenvalue weighted by atomic mass is 10.1. The fourth-order valence-electron chi connectivity index (χ4n) is 1.35. The first-order valence-electron chi connectivity index (χ1n) is 4.52. The molecule has 1 N–H and O–H groups in total. The van der Waals surface area contributed by atoms with Crippen LogP contribution in [0.15, 0.2) is 24.3 Å². The van der Waals surface area contributed by atoms with Gasteiger partial charge in [-0.25, -0.2) is 4.39 Å². The summed E-state index contributed by atoms with van der Waals surface area (Å²) in [4.78, 5) is 0. The van der Waals surface area contributed by atoms with Gasteiger partial charge in [-0.1, -0.05) is 18.2 Å². The fraction of sp³-hybridized carbons (Fsp3) is 0.200. The number of H-pyrrole nitrogens is 1. The third-order valence-electron chi connectivity index (χ3n) is 2.28. The lowest BCUT2D eigenvalue weighted by Gasteiger charge is -2.01. The third-order valence-corrected chi connectivity index (χ3v) is 2.64. The molecule has 15 heavy (non-hydrogen) atoms. The summed E-state index contributed by atoms with van der Waals surface area (Å²) in [6.07, 6.45) is 0.441. The predicted octanol–water partition coefficient (Wildman–Crippen LogP) is 2.21. The summed E-state index contributed by atoms with van der Waals surface area (Å²) in [5, 5.41) is 6.70. The Balaban J connectivity index is 2.34. The Bertz CT molecular complexity index is 529. The Morgan fingerprint density at radius 2 is 2.20 bits per heavy atom. The molecule has 0 radical (unpaired) electrons. The topological polar surface area (TPSA) is 33.6 Å². The van der Waals surface area contributed by atoms with E-state index in [0.29, 0.717) is 16.8 Å². The monoisotopic (exact) mass is 223 g/mol. The van der Waals surface area contributed by atoms with Crippen molar-refractivity contribution in [1.29, 1.82) is 0 Å². The van der Waals surface area contributed by atoms with Crippen molar-refractivity contribution in [3.8, 4) is 0 Å². The van der Waals surface area contributed by atoms with Crippen LogP contribution in [0.5, 0.6) is 0 Å². The van der Waals surface area contributed by atoms with Crippen molar-refractivity contribution in [2.24, 2.45) is 7.05 Å². The highest BCUT2D eigenvalue weighted by Crippen LogP contribution is 2.10. The minimum absolute atomic E-state index is 0.216. The van der Waals surface area contributed by atoms with Crippen LogP contribution in [0.3, 0.4) is 0 Å². The molecule has 0 amide bonds. The molecule has 1 aromatic carbocycles. The number of halogens is 1. The Morgan fingerprint density at radius 1 is 1.47 bits per heavy atom. The quantitative estimate of drug-likeness (QED) is 0.792. The number of benzene rings is 1. The summed E-state index contributed by atoms with van der Waals surface area (Å²) >= 11 is 4.97. The number of aromatic amines is 1. The normalized spacial score (nSPS) is 10.5. The van der Waals surface area contributed by atoms with Crippen LogP contribution in [0.25, 0.3) is 0 Å². The van der Waals surface area contributed by atoms with Crippen LogP contribution < -0.4 is 0 Å². The number of hydrogen-bond acceptors (Lipinski definition) is 2. The predicted molar refractivity (Wildman–Crippen MR) is 57.6 cm³/mol. The molecule has 0 aliphatic rings. The summed E-state index contributed by atoms with van der Waals surface area (Å²) < 4.78 is 15.6. The van der Waals surface area contributed by atoms with Crippen molar-refractivity contribution in [2.75, 3.05) is 0 Å². The van der Waals surface area contributed by atoms with Crippen LogP contribution in [-0.4, -0.2) is 14.8 Å². The Morgan fingerprint density at radius 3 is 2.80 bits per heavy atom. The maximum atomic E-state index is 13.3. The van der Waals surface area contributed by atoms with Gasteiger partial charge in [0.05, 0.1) is 0 Å². The number of nitrogens with one attached hydrogen (secondary N) is 1. The van der Waals surface area contributed by atoms with E-state index in [1.165, 1.54) is 6.07 Å². The van der Waals surface area contributed by atoms with Crippen LogP contribution in [0.2, 0.25) is 0 Å². The average Bonchev–Trinajstić information content (AvgIpc) is 2.53. The van der Waals surface area contributed by atoms with E-state index >= 15 is 0 Å². The minimum Gasteiger partial charge on any atom is -0.307 e. The van der Waals surface area contributed by atoms with Crippen LogP contribution in [0.4, 0.5) is 4.39 Å². The zero-order chi connectivity index (χ0) is 10.8. The van der Waals surface area contributed by atoms with Gasteiger partial charge in [0, 0.05) is 13.5 Å². The van der Waals surface area contributed by atoms with Crippen LogP contribution in [0, 0.1) is 10.6 Å². The molecule has 0 aliphatic carbocycles. The van der Waals surface area contributed by atoms with E-state index < -0.39 is 0 Å². The lowest BCUT2D eigenvalue weighted by molar-refractivity contribution is 0.610. The van der Waals surface area contributed by atoms with Crippen LogP contribution in [0.1, 0.15) is 11.4 Å². The second-order valence-corrected chi connectivity index (χ2v) is 3.66. The Kier molecular flexibility index (Phi) is 2.64. The lowest BCUT2D eigenvalue weighted by Crippen LogP contribution is -2.00. The minimum atomic E-state index is -0.216. The molecule has 0 saturated carbocycles. The third kappa shape index (κ3) is 1.97. The fourth-order valence-corrected chi connectivity index (χ4v) is 1.50. The van der Waals surface area contributed by atoms with Crippen molar-refractivity contribution in [2.45, 2.75) is 6.42 Å². The Labute approximate surface area is 91.6 Å². The van der Waals surface area contributed by atoms with Crippen molar-refractivity contribution in [1.82, 2.24) is 14.8 Å². The van der Waals surface area contributed by atoms with E-state index in [9.17, 15) is 4.39 Å². The molecule has 2 aromatic rings. The maximum absolute atomic E-state index is 13.3. The molecule has 3 nitrogen and oxygen atoms in total. The van der Waals surface area contributed by atoms with Crippen molar-refractivity contribution < 1.29 is 4.39 Å². The van der Waals surface area contributed by atoms with Crippen molar-refractivity contribution in [3.05, 3.63) is 46.2 Å². The summed E-state index contributed by atoms with van der Waals surface area (Å²) in [6, 6.07) is 6.66.